The van der Waals surface area contributed by atoms with E-state index in [9.17, 15) is 0 Å². The van der Waals surface area contributed by atoms with E-state index in [4.69, 9.17) is 4.74 Å². The normalized spacial score (nSPS) is 19.0. The molecule has 1 aromatic heterocycles. The van der Waals surface area contributed by atoms with Crippen LogP contribution in [0, 0.1) is 5.92 Å². The van der Waals surface area contributed by atoms with E-state index >= 15 is 0 Å². The molecule has 1 saturated heterocycles. The molecular weight excluding hydrogens is 374 g/mol. The third kappa shape index (κ3) is 5.07. The smallest absolute Gasteiger partial charge is 0.191 e. The molecule has 0 radical (unpaired) electrons. The van der Waals surface area contributed by atoms with Gasteiger partial charge in [-0.2, -0.15) is 5.10 Å². The summed E-state index contributed by atoms with van der Waals surface area (Å²) in [7, 11) is 1.81. The van der Waals surface area contributed by atoms with E-state index in [0.717, 1.165) is 32.1 Å². The molecule has 4 rings (SSSR count). The number of benzene rings is 2. The van der Waals surface area contributed by atoms with Crippen molar-refractivity contribution in [1.29, 1.82) is 0 Å². The lowest BCUT2D eigenvalue weighted by Crippen LogP contribution is -2.40. The van der Waals surface area contributed by atoms with Gasteiger partial charge >= 0.3 is 0 Å². The highest BCUT2D eigenvalue weighted by Gasteiger charge is 2.29. The number of hydrogen-bond donors (Lipinski definition) is 2. The third-order valence-corrected chi connectivity index (χ3v) is 5.55. The van der Waals surface area contributed by atoms with Crippen LogP contribution in [0.1, 0.15) is 29.2 Å². The Morgan fingerprint density at radius 1 is 1.07 bits per heavy atom. The number of nitrogens with one attached hydrogen (secondary N) is 2. The zero-order valence-corrected chi connectivity index (χ0v) is 17.4. The summed E-state index contributed by atoms with van der Waals surface area (Å²) in [5.41, 5.74) is 3.73. The maximum atomic E-state index is 6.00. The van der Waals surface area contributed by atoms with Gasteiger partial charge in [0.15, 0.2) is 5.96 Å². The van der Waals surface area contributed by atoms with Gasteiger partial charge in [0.25, 0.3) is 0 Å². The van der Waals surface area contributed by atoms with Crippen molar-refractivity contribution in [3.63, 3.8) is 0 Å². The second-order valence-electron chi connectivity index (χ2n) is 7.53. The molecule has 0 saturated carbocycles. The van der Waals surface area contributed by atoms with Gasteiger partial charge in [-0.1, -0.05) is 54.6 Å². The Morgan fingerprint density at radius 3 is 2.63 bits per heavy atom. The lowest BCUT2D eigenvalue weighted by Gasteiger charge is -2.21. The van der Waals surface area contributed by atoms with Crippen molar-refractivity contribution in [1.82, 2.24) is 20.4 Å². The van der Waals surface area contributed by atoms with Gasteiger partial charge in [0.05, 0.1) is 12.6 Å². The zero-order valence-electron chi connectivity index (χ0n) is 17.4. The van der Waals surface area contributed by atoms with Crippen LogP contribution in [-0.2, 0) is 17.8 Å². The second kappa shape index (κ2) is 10.1. The average molecular weight is 404 g/mol. The highest BCUT2D eigenvalue weighted by atomic mass is 16.5. The van der Waals surface area contributed by atoms with Gasteiger partial charge in [0.2, 0.25) is 0 Å². The molecule has 1 aliphatic heterocycles. The fraction of sp³-hybridized carbons (Fsp3) is 0.333. The summed E-state index contributed by atoms with van der Waals surface area (Å²) in [5, 5.41) is 11.3. The van der Waals surface area contributed by atoms with Crippen molar-refractivity contribution in [2.45, 2.75) is 25.6 Å². The van der Waals surface area contributed by atoms with E-state index in [0.29, 0.717) is 12.5 Å². The van der Waals surface area contributed by atoms with Crippen molar-refractivity contribution in [3.05, 3.63) is 89.7 Å². The molecule has 156 valence electrons. The second-order valence-corrected chi connectivity index (χ2v) is 7.53. The Hall–Kier alpha value is -3.12. The molecule has 0 aliphatic carbocycles. The molecule has 2 atom stereocenters. The number of rotatable bonds is 7. The summed E-state index contributed by atoms with van der Waals surface area (Å²) in [5.74, 6) is 1.24. The van der Waals surface area contributed by atoms with Crippen LogP contribution in [0.5, 0.6) is 0 Å². The maximum absolute atomic E-state index is 6.00. The summed E-state index contributed by atoms with van der Waals surface area (Å²) in [6.07, 6.45) is 4.99. The van der Waals surface area contributed by atoms with Crippen LogP contribution < -0.4 is 10.6 Å². The van der Waals surface area contributed by atoms with Gasteiger partial charge < -0.3 is 15.4 Å². The van der Waals surface area contributed by atoms with Crippen molar-refractivity contribution in [3.8, 4) is 0 Å². The van der Waals surface area contributed by atoms with Crippen LogP contribution in [0.25, 0.3) is 0 Å². The highest BCUT2D eigenvalue weighted by Crippen LogP contribution is 2.33. The van der Waals surface area contributed by atoms with Crippen LogP contribution in [0.2, 0.25) is 0 Å². The first kappa shape index (κ1) is 20.2. The van der Waals surface area contributed by atoms with Crippen LogP contribution in [0.4, 0.5) is 0 Å². The monoisotopic (exact) mass is 403 g/mol. The van der Waals surface area contributed by atoms with E-state index in [2.05, 4.69) is 69.3 Å². The zero-order chi connectivity index (χ0) is 20.6. The van der Waals surface area contributed by atoms with E-state index in [-0.39, 0.29) is 6.10 Å². The first-order valence-corrected chi connectivity index (χ1v) is 10.5. The number of ether oxygens (including phenoxy) is 1. The Kier molecular flexibility index (Phi) is 6.77. The number of aliphatic imine (C=N–C) groups is 1. The standard InChI is InChI=1S/C24H29N5O/c1-25-24(27-17-21-12-15-30-23(21)19-8-3-2-4-9-19)26-16-20-10-5-6-11-22(20)18-29-14-7-13-28-29/h2-11,13-14,21,23H,12,15-18H2,1H3,(H2,25,26,27). The summed E-state index contributed by atoms with van der Waals surface area (Å²) in [6, 6.07) is 20.9. The molecule has 2 aromatic carbocycles. The predicted octanol–water partition coefficient (Wildman–Crippen LogP) is 3.37. The van der Waals surface area contributed by atoms with Crippen molar-refractivity contribution >= 4 is 5.96 Å². The number of nitrogens with zero attached hydrogens (tertiary/aromatic N) is 3. The molecule has 2 unspecified atom stereocenters. The van der Waals surface area contributed by atoms with E-state index < -0.39 is 0 Å². The summed E-state index contributed by atoms with van der Waals surface area (Å²) in [4.78, 5) is 4.40. The van der Waals surface area contributed by atoms with Crippen molar-refractivity contribution in [2.75, 3.05) is 20.2 Å². The fourth-order valence-electron chi connectivity index (χ4n) is 3.93. The molecule has 0 spiro atoms. The van der Waals surface area contributed by atoms with Gasteiger partial charge in [-0.3, -0.25) is 9.67 Å². The van der Waals surface area contributed by atoms with Crippen molar-refractivity contribution < 1.29 is 4.74 Å². The largest absolute Gasteiger partial charge is 0.373 e. The lowest BCUT2D eigenvalue weighted by atomic mass is 9.95. The molecule has 0 amide bonds. The molecule has 6 nitrogen and oxygen atoms in total. The van der Waals surface area contributed by atoms with Crippen molar-refractivity contribution in [2.24, 2.45) is 10.9 Å². The SMILES string of the molecule is CN=C(NCc1ccccc1Cn1cccn1)NCC1CCOC1c1ccccc1. The molecule has 2 N–H and O–H groups in total. The maximum Gasteiger partial charge on any atom is 0.191 e. The van der Waals surface area contributed by atoms with Gasteiger partial charge in [-0.15, -0.1) is 0 Å². The minimum absolute atomic E-state index is 0.145. The predicted molar refractivity (Wildman–Crippen MR) is 119 cm³/mol. The van der Waals surface area contributed by atoms with Crippen LogP contribution in [0.15, 0.2) is 78.0 Å². The quantitative estimate of drug-likeness (QED) is 0.469. The Morgan fingerprint density at radius 2 is 1.87 bits per heavy atom. The Labute approximate surface area is 178 Å². The van der Waals surface area contributed by atoms with Gasteiger partial charge in [0, 0.05) is 45.1 Å². The molecule has 1 aliphatic rings. The first-order valence-electron chi connectivity index (χ1n) is 10.5. The number of guanidine groups is 1. The summed E-state index contributed by atoms with van der Waals surface area (Å²) >= 11 is 0. The molecule has 0 bridgehead atoms. The minimum Gasteiger partial charge on any atom is -0.373 e. The Bertz CT molecular complexity index is 939. The molecular formula is C24H29N5O. The fourth-order valence-corrected chi connectivity index (χ4v) is 3.93. The topological polar surface area (TPSA) is 63.5 Å². The highest BCUT2D eigenvalue weighted by molar-refractivity contribution is 5.79. The summed E-state index contributed by atoms with van der Waals surface area (Å²) < 4.78 is 7.94. The number of aromatic nitrogens is 2. The lowest BCUT2D eigenvalue weighted by molar-refractivity contribution is 0.0915. The third-order valence-electron chi connectivity index (χ3n) is 5.55. The van der Waals surface area contributed by atoms with Crippen LogP contribution >= 0.6 is 0 Å². The molecule has 3 aromatic rings. The van der Waals surface area contributed by atoms with E-state index in [1.165, 1.54) is 16.7 Å². The Balaban J connectivity index is 1.33. The van der Waals surface area contributed by atoms with Crippen LogP contribution in [0.3, 0.4) is 0 Å². The van der Waals surface area contributed by atoms with E-state index in [1.807, 2.05) is 36.3 Å². The summed E-state index contributed by atoms with van der Waals surface area (Å²) in [6.45, 7) is 3.10. The van der Waals surface area contributed by atoms with Gasteiger partial charge in [0.1, 0.15) is 0 Å². The molecule has 1 fully saturated rings. The minimum atomic E-state index is 0.145. The molecule has 30 heavy (non-hydrogen) atoms. The average Bonchev–Trinajstić information content (AvgIpc) is 3.47. The number of hydrogen-bond acceptors (Lipinski definition) is 3. The molecule has 2 heterocycles. The van der Waals surface area contributed by atoms with Crippen LogP contribution in [-0.4, -0.2) is 35.9 Å². The molecule has 6 heteroatoms. The van der Waals surface area contributed by atoms with Gasteiger partial charge in [-0.05, 0) is 29.2 Å². The van der Waals surface area contributed by atoms with Gasteiger partial charge in [-0.25, -0.2) is 0 Å². The van der Waals surface area contributed by atoms with E-state index in [1.54, 1.807) is 0 Å². The first-order chi connectivity index (χ1) is 14.8.